The van der Waals surface area contributed by atoms with E-state index in [1.54, 1.807) is 0 Å². The van der Waals surface area contributed by atoms with Crippen molar-refractivity contribution < 1.29 is 4.79 Å². The zero-order valence-electron chi connectivity index (χ0n) is 13.9. The molecule has 1 fully saturated rings. The van der Waals surface area contributed by atoms with E-state index >= 15 is 0 Å². The lowest BCUT2D eigenvalue weighted by atomic mass is 10.0. The third kappa shape index (κ3) is 3.47. The number of carbonyl (C=O) groups excluding carboxylic acids is 1. The molecular weight excluding hydrogens is 308 g/mol. The molecule has 0 unspecified atom stereocenters. The summed E-state index contributed by atoms with van der Waals surface area (Å²) in [6.07, 6.45) is 1.05. The summed E-state index contributed by atoms with van der Waals surface area (Å²) in [6, 6.07) is 26.0. The first-order valence-electron chi connectivity index (χ1n) is 8.53. The Bertz CT molecular complexity index is 887. The van der Waals surface area contributed by atoms with Crippen LogP contribution in [0, 0.1) is 0 Å². The van der Waals surface area contributed by atoms with Crippen molar-refractivity contribution >= 4 is 11.6 Å². The lowest BCUT2D eigenvalue weighted by Gasteiger charge is -2.08. The van der Waals surface area contributed by atoms with Crippen LogP contribution < -0.4 is 11.1 Å². The molecule has 2 atom stereocenters. The molecule has 0 aromatic heterocycles. The molecule has 0 spiro atoms. The van der Waals surface area contributed by atoms with Gasteiger partial charge >= 0.3 is 0 Å². The first kappa shape index (κ1) is 15.6. The number of nitrogens with one attached hydrogen (secondary N) is 1. The molecule has 3 N–H and O–H groups in total. The minimum atomic E-state index is -0.103. The van der Waals surface area contributed by atoms with Crippen LogP contribution in [0.2, 0.25) is 0 Å². The minimum absolute atomic E-state index is 0.103. The number of hydrogen-bond acceptors (Lipinski definition) is 2. The quantitative estimate of drug-likeness (QED) is 0.745. The fraction of sp³-hybridized carbons (Fsp3) is 0.136. The molecule has 1 amide bonds. The Labute approximate surface area is 147 Å². The maximum atomic E-state index is 12.5. The topological polar surface area (TPSA) is 55.1 Å². The van der Waals surface area contributed by atoms with Gasteiger partial charge in [0.25, 0.3) is 5.91 Å². The van der Waals surface area contributed by atoms with E-state index in [4.69, 9.17) is 5.73 Å². The Morgan fingerprint density at radius 1 is 0.880 bits per heavy atom. The molecule has 0 aliphatic heterocycles. The van der Waals surface area contributed by atoms with Crippen molar-refractivity contribution in [1.82, 2.24) is 0 Å². The summed E-state index contributed by atoms with van der Waals surface area (Å²) < 4.78 is 0. The van der Waals surface area contributed by atoms with Crippen molar-refractivity contribution in [3.05, 3.63) is 90.0 Å². The van der Waals surface area contributed by atoms with Gasteiger partial charge in [0.15, 0.2) is 0 Å². The molecule has 0 saturated heterocycles. The van der Waals surface area contributed by atoms with Gasteiger partial charge in [-0.15, -0.1) is 0 Å². The summed E-state index contributed by atoms with van der Waals surface area (Å²) >= 11 is 0. The van der Waals surface area contributed by atoms with Crippen LogP contribution in [-0.4, -0.2) is 11.9 Å². The zero-order valence-corrected chi connectivity index (χ0v) is 13.9. The molecule has 3 heteroatoms. The number of hydrogen-bond donors (Lipinski definition) is 2. The first-order chi connectivity index (χ1) is 12.2. The molecule has 3 aromatic rings. The second-order valence-corrected chi connectivity index (χ2v) is 6.53. The molecular formula is C22H20N2O. The molecule has 1 aliphatic carbocycles. The highest BCUT2D eigenvalue weighted by atomic mass is 16.1. The SMILES string of the molecule is N[C@@H]1C[C@H]1c1ccc(NC(=O)c2cccc(-c3ccccc3)c2)cc1. The number of rotatable bonds is 4. The summed E-state index contributed by atoms with van der Waals surface area (Å²) in [6.45, 7) is 0. The van der Waals surface area contributed by atoms with E-state index in [-0.39, 0.29) is 5.91 Å². The molecule has 3 nitrogen and oxygen atoms in total. The molecule has 25 heavy (non-hydrogen) atoms. The Morgan fingerprint density at radius 3 is 2.24 bits per heavy atom. The molecule has 3 aromatic carbocycles. The van der Waals surface area contributed by atoms with Crippen molar-refractivity contribution in [1.29, 1.82) is 0 Å². The van der Waals surface area contributed by atoms with Crippen molar-refractivity contribution in [2.24, 2.45) is 5.73 Å². The minimum Gasteiger partial charge on any atom is -0.327 e. The predicted molar refractivity (Wildman–Crippen MR) is 102 cm³/mol. The van der Waals surface area contributed by atoms with Gasteiger partial charge in [0, 0.05) is 23.2 Å². The summed E-state index contributed by atoms with van der Waals surface area (Å²) in [5.74, 6) is 0.376. The van der Waals surface area contributed by atoms with Crippen LogP contribution in [0.5, 0.6) is 0 Å². The molecule has 0 heterocycles. The van der Waals surface area contributed by atoms with Crippen molar-refractivity contribution in [2.45, 2.75) is 18.4 Å². The lowest BCUT2D eigenvalue weighted by molar-refractivity contribution is 0.102. The average molecular weight is 328 g/mol. The largest absolute Gasteiger partial charge is 0.327 e. The van der Waals surface area contributed by atoms with E-state index in [2.05, 4.69) is 5.32 Å². The van der Waals surface area contributed by atoms with Crippen LogP contribution in [0.1, 0.15) is 28.3 Å². The van der Waals surface area contributed by atoms with Crippen LogP contribution in [0.15, 0.2) is 78.9 Å². The smallest absolute Gasteiger partial charge is 0.255 e. The van der Waals surface area contributed by atoms with Gasteiger partial charge < -0.3 is 11.1 Å². The van der Waals surface area contributed by atoms with Gasteiger partial charge in [-0.05, 0) is 47.4 Å². The summed E-state index contributed by atoms with van der Waals surface area (Å²) in [5.41, 5.74) is 10.7. The first-order valence-corrected chi connectivity index (χ1v) is 8.53. The maximum absolute atomic E-state index is 12.5. The van der Waals surface area contributed by atoms with Gasteiger partial charge in [-0.25, -0.2) is 0 Å². The van der Waals surface area contributed by atoms with Crippen LogP contribution in [0.4, 0.5) is 5.69 Å². The highest BCUT2D eigenvalue weighted by Crippen LogP contribution is 2.39. The monoisotopic (exact) mass is 328 g/mol. The van der Waals surface area contributed by atoms with Crippen molar-refractivity contribution in [3.8, 4) is 11.1 Å². The Morgan fingerprint density at radius 2 is 1.56 bits per heavy atom. The van der Waals surface area contributed by atoms with Crippen LogP contribution >= 0.6 is 0 Å². The van der Waals surface area contributed by atoms with E-state index in [0.717, 1.165) is 23.2 Å². The third-order valence-corrected chi connectivity index (χ3v) is 4.67. The van der Waals surface area contributed by atoms with Crippen molar-refractivity contribution in [2.75, 3.05) is 5.32 Å². The van der Waals surface area contributed by atoms with Gasteiger partial charge in [-0.2, -0.15) is 0 Å². The van der Waals surface area contributed by atoms with Crippen molar-refractivity contribution in [3.63, 3.8) is 0 Å². The van der Waals surface area contributed by atoms with Gasteiger partial charge in [0.05, 0.1) is 0 Å². The molecule has 4 rings (SSSR count). The highest BCUT2D eigenvalue weighted by molar-refractivity contribution is 6.05. The Hall–Kier alpha value is -2.91. The molecule has 1 saturated carbocycles. The van der Waals surface area contributed by atoms with Gasteiger partial charge in [0.1, 0.15) is 0 Å². The highest BCUT2D eigenvalue weighted by Gasteiger charge is 2.34. The van der Waals surface area contributed by atoms with E-state index < -0.39 is 0 Å². The Balaban J connectivity index is 1.49. The number of carbonyl (C=O) groups is 1. The number of benzene rings is 3. The third-order valence-electron chi connectivity index (χ3n) is 4.67. The summed E-state index contributed by atoms with van der Waals surface area (Å²) in [5, 5.41) is 2.96. The second-order valence-electron chi connectivity index (χ2n) is 6.53. The predicted octanol–water partition coefficient (Wildman–Crippen LogP) is 4.42. The van der Waals surface area contributed by atoms with Gasteiger partial charge in [-0.1, -0.05) is 54.6 Å². The standard InChI is InChI=1S/C22H20N2O/c23-21-14-20(21)16-9-11-19(12-10-16)24-22(25)18-8-4-7-17(13-18)15-5-2-1-3-6-15/h1-13,20-21H,14,23H2,(H,24,25)/t20-,21+/m0/s1. The normalized spacial score (nSPS) is 18.6. The summed E-state index contributed by atoms with van der Waals surface area (Å²) in [7, 11) is 0. The number of anilines is 1. The maximum Gasteiger partial charge on any atom is 0.255 e. The zero-order chi connectivity index (χ0) is 17.2. The lowest BCUT2D eigenvalue weighted by Crippen LogP contribution is -2.11. The van der Waals surface area contributed by atoms with Gasteiger partial charge in [-0.3, -0.25) is 4.79 Å². The van der Waals surface area contributed by atoms with Crippen LogP contribution in [0.25, 0.3) is 11.1 Å². The van der Waals surface area contributed by atoms with E-state index in [1.807, 2.05) is 78.9 Å². The van der Waals surface area contributed by atoms with E-state index in [9.17, 15) is 4.79 Å². The second kappa shape index (κ2) is 6.54. The van der Waals surface area contributed by atoms with E-state index in [1.165, 1.54) is 5.56 Å². The fourth-order valence-corrected chi connectivity index (χ4v) is 3.09. The van der Waals surface area contributed by atoms with Crippen LogP contribution in [-0.2, 0) is 0 Å². The fourth-order valence-electron chi connectivity index (χ4n) is 3.09. The van der Waals surface area contributed by atoms with Crippen LogP contribution in [0.3, 0.4) is 0 Å². The summed E-state index contributed by atoms with van der Waals surface area (Å²) in [4.78, 5) is 12.5. The molecule has 0 bridgehead atoms. The van der Waals surface area contributed by atoms with Gasteiger partial charge in [0.2, 0.25) is 0 Å². The van der Waals surface area contributed by atoms with E-state index in [0.29, 0.717) is 17.5 Å². The Kier molecular flexibility index (Phi) is 4.08. The number of nitrogens with two attached hydrogens (primary N) is 1. The average Bonchev–Trinajstić information content (AvgIpc) is 3.40. The molecule has 124 valence electrons. The number of amides is 1. The molecule has 0 radical (unpaired) electrons. The molecule has 1 aliphatic rings.